The zero-order valence-corrected chi connectivity index (χ0v) is 14.5. The Morgan fingerprint density at radius 3 is 2.87 bits per heavy atom. The Bertz CT molecular complexity index is 636. The van der Waals surface area contributed by atoms with E-state index in [9.17, 15) is 9.90 Å². The van der Waals surface area contributed by atoms with E-state index in [0.717, 1.165) is 11.6 Å². The number of rotatable bonds is 8. The van der Waals surface area contributed by atoms with Gasteiger partial charge >= 0.3 is 0 Å². The summed E-state index contributed by atoms with van der Waals surface area (Å²) in [6, 6.07) is 3.20. The SMILES string of the molecule is CC(C)CC(CO)NC(=O)c1ccc(CSc2nccn2C)o1. The summed E-state index contributed by atoms with van der Waals surface area (Å²) in [5, 5.41) is 13.0. The number of aryl methyl sites for hydroxylation is 1. The molecule has 23 heavy (non-hydrogen) atoms. The molecule has 0 aliphatic heterocycles. The lowest BCUT2D eigenvalue weighted by atomic mass is 10.0. The van der Waals surface area contributed by atoms with Crippen LogP contribution in [0.3, 0.4) is 0 Å². The largest absolute Gasteiger partial charge is 0.455 e. The predicted molar refractivity (Wildman–Crippen MR) is 89.3 cm³/mol. The lowest BCUT2D eigenvalue weighted by Crippen LogP contribution is -2.38. The van der Waals surface area contributed by atoms with E-state index in [1.807, 2.05) is 17.8 Å². The maximum atomic E-state index is 12.2. The summed E-state index contributed by atoms with van der Waals surface area (Å²) >= 11 is 1.55. The molecular formula is C16H23N3O3S. The summed E-state index contributed by atoms with van der Waals surface area (Å²) in [6.07, 6.45) is 4.35. The first-order valence-corrected chi connectivity index (χ1v) is 8.58. The van der Waals surface area contributed by atoms with Crippen LogP contribution in [0.1, 0.15) is 36.6 Å². The fourth-order valence-electron chi connectivity index (χ4n) is 2.21. The molecule has 0 radical (unpaired) electrons. The van der Waals surface area contributed by atoms with Crippen molar-refractivity contribution in [2.24, 2.45) is 13.0 Å². The van der Waals surface area contributed by atoms with Crippen LogP contribution in [0.25, 0.3) is 0 Å². The van der Waals surface area contributed by atoms with E-state index >= 15 is 0 Å². The minimum absolute atomic E-state index is 0.0769. The summed E-state index contributed by atoms with van der Waals surface area (Å²) in [5.41, 5.74) is 0. The maximum Gasteiger partial charge on any atom is 0.287 e. The van der Waals surface area contributed by atoms with Crippen molar-refractivity contribution in [3.05, 3.63) is 36.0 Å². The maximum absolute atomic E-state index is 12.2. The molecule has 0 aliphatic carbocycles. The second-order valence-electron chi connectivity index (χ2n) is 5.86. The molecule has 2 rings (SSSR count). The van der Waals surface area contributed by atoms with E-state index < -0.39 is 0 Å². The topological polar surface area (TPSA) is 80.3 Å². The Labute approximate surface area is 140 Å². The van der Waals surface area contributed by atoms with Crippen LogP contribution in [-0.2, 0) is 12.8 Å². The van der Waals surface area contributed by atoms with Crippen LogP contribution in [0.4, 0.5) is 0 Å². The van der Waals surface area contributed by atoms with E-state index in [1.54, 1.807) is 30.1 Å². The number of nitrogens with zero attached hydrogens (tertiary/aromatic N) is 2. The lowest BCUT2D eigenvalue weighted by molar-refractivity contribution is 0.0879. The number of aromatic nitrogens is 2. The van der Waals surface area contributed by atoms with Gasteiger partial charge < -0.3 is 19.4 Å². The molecule has 2 aromatic rings. The fraction of sp³-hybridized carbons (Fsp3) is 0.500. The Morgan fingerprint density at radius 1 is 1.48 bits per heavy atom. The summed E-state index contributed by atoms with van der Waals surface area (Å²) in [7, 11) is 1.93. The first-order valence-electron chi connectivity index (χ1n) is 7.60. The van der Waals surface area contributed by atoms with Gasteiger partial charge in [-0.1, -0.05) is 25.6 Å². The van der Waals surface area contributed by atoms with Crippen LogP contribution in [0, 0.1) is 5.92 Å². The van der Waals surface area contributed by atoms with Gasteiger partial charge in [0.1, 0.15) is 5.76 Å². The van der Waals surface area contributed by atoms with E-state index in [0.29, 0.717) is 17.4 Å². The standard InChI is InChI=1S/C16H23N3O3S/c1-11(2)8-12(9-20)18-15(21)14-5-4-13(22-14)10-23-16-17-6-7-19(16)3/h4-7,11-12,20H,8-10H2,1-3H3,(H,18,21). The van der Waals surface area contributed by atoms with E-state index in [-0.39, 0.29) is 24.3 Å². The zero-order valence-electron chi connectivity index (χ0n) is 13.7. The molecule has 2 N–H and O–H groups in total. The van der Waals surface area contributed by atoms with Gasteiger partial charge in [0, 0.05) is 19.4 Å². The second kappa shape index (κ2) is 8.21. The van der Waals surface area contributed by atoms with Crippen LogP contribution < -0.4 is 5.32 Å². The van der Waals surface area contributed by atoms with Gasteiger partial charge in [0.2, 0.25) is 0 Å². The molecule has 1 atom stereocenters. The third-order valence-corrected chi connectivity index (χ3v) is 4.40. The second-order valence-corrected chi connectivity index (χ2v) is 6.80. The van der Waals surface area contributed by atoms with Gasteiger partial charge in [-0.3, -0.25) is 4.79 Å². The van der Waals surface area contributed by atoms with Crippen molar-refractivity contribution in [2.45, 2.75) is 37.2 Å². The fourth-order valence-corrected chi connectivity index (χ4v) is 3.04. The number of hydrogen-bond donors (Lipinski definition) is 2. The van der Waals surface area contributed by atoms with Gasteiger partial charge in [-0.05, 0) is 24.5 Å². The summed E-state index contributed by atoms with van der Waals surface area (Å²) < 4.78 is 7.51. The smallest absolute Gasteiger partial charge is 0.287 e. The Hall–Kier alpha value is -1.73. The van der Waals surface area contributed by atoms with Crippen LogP contribution in [0.2, 0.25) is 0 Å². The molecule has 0 aromatic carbocycles. The molecule has 1 amide bonds. The molecule has 1 unspecified atom stereocenters. The molecular weight excluding hydrogens is 314 g/mol. The number of furan rings is 1. The van der Waals surface area contributed by atoms with Gasteiger partial charge in [-0.15, -0.1) is 0 Å². The Kier molecular flexibility index (Phi) is 6.29. The molecule has 0 aliphatic rings. The zero-order chi connectivity index (χ0) is 16.8. The Balaban J connectivity index is 1.90. The van der Waals surface area contributed by atoms with Crippen LogP contribution in [0.5, 0.6) is 0 Å². The minimum atomic E-state index is -0.294. The third-order valence-electron chi connectivity index (χ3n) is 3.32. The molecule has 6 nitrogen and oxygen atoms in total. The van der Waals surface area contributed by atoms with Crippen LogP contribution >= 0.6 is 11.8 Å². The van der Waals surface area contributed by atoms with Crippen molar-refractivity contribution in [3.8, 4) is 0 Å². The normalized spacial score (nSPS) is 12.6. The monoisotopic (exact) mass is 337 g/mol. The molecule has 0 saturated heterocycles. The average Bonchev–Trinajstić information content (AvgIpc) is 3.12. The van der Waals surface area contributed by atoms with E-state index in [4.69, 9.17) is 4.42 Å². The summed E-state index contributed by atoms with van der Waals surface area (Å²) in [6.45, 7) is 4.02. The van der Waals surface area contributed by atoms with Crippen molar-refractivity contribution in [1.29, 1.82) is 0 Å². The number of aliphatic hydroxyl groups excluding tert-OH is 1. The van der Waals surface area contributed by atoms with Gasteiger partial charge in [0.25, 0.3) is 5.91 Å². The highest BCUT2D eigenvalue weighted by molar-refractivity contribution is 7.98. The molecule has 0 fully saturated rings. The molecule has 0 spiro atoms. The number of amides is 1. The highest BCUT2D eigenvalue weighted by Gasteiger charge is 2.17. The first-order chi connectivity index (χ1) is 11.0. The van der Waals surface area contributed by atoms with Gasteiger partial charge in [-0.25, -0.2) is 4.98 Å². The van der Waals surface area contributed by atoms with Crippen LogP contribution in [0.15, 0.2) is 34.1 Å². The molecule has 7 heteroatoms. The molecule has 0 bridgehead atoms. The quantitative estimate of drug-likeness (QED) is 0.723. The number of hydrogen-bond acceptors (Lipinski definition) is 5. The molecule has 0 saturated carbocycles. The summed E-state index contributed by atoms with van der Waals surface area (Å²) in [4.78, 5) is 16.4. The molecule has 2 aromatic heterocycles. The van der Waals surface area contributed by atoms with Gasteiger partial charge in [0.05, 0.1) is 18.4 Å². The van der Waals surface area contributed by atoms with Gasteiger partial charge in [0.15, 0.2) is 10.9 Å². The first kappa shape index (κ1) is 17.6. The molecule has 126 valence electrons. The number of carbonyl (C=O) groups is 1. The minimum Gasteiger partial charge on any atom is -0.455 e. The number of thioether (sulfide) groups is 1. The van der Waals surface area contributed by atoms with E-state index in [2.05, 4.69) is 24.1 Å². The predicted octanol–water partition coefficient (Wildman–Crippen LogP) is 2.44. The number of carbonyl (C=O) groups excluding carboxylic acids is 1. The molecule has 2 heterocycles. The van der Waals surface area contributed by atoms with Gasteiger partial charge in [-0.2, -0.15) is 0 Å². The van der Waals surface area contributed by atoms with Crippen molar-refractivity contribution in [2.75, 3.05) is 6.61 Å². The lowest BCUT2D eigenvalue weighted by Gasteiger charge is -2.17. The Morgan fingerprint density at radius 2 is 2.26 bits per heavy atom. The number of imidazole rings is 1. The van der Waals surface area contributed by atoms with Crippen LogP contribution in [-0.4, -0.2) is 33.2 Å². The van der Waals surface area contributed by atoms with Crippen molar-refractivity contribution in [3.63, 3.8) is 0 Å². The third kappa shape index (κ3) is 5.14. The van der Waals surface area contributed by atoms with Crippen molar-refractivity contribution in [1.82, 2.24) is 14.9 Å². The highest BCUT2D eigenvalue weighted by Crippen LogP contribution is 2.22. The number of nitrogens with one attached hydrogen (secondary N) is 1. The highest BCUT2D eigenvalue weighted by atomic mass is 32.2. The summed E-state index contributed by atoms with van der Waals surface area (Å²) in [5.74, 6) is 1.69. The number of aliphatic hydroxyl groups is 1. The average molecular weight is 337 g/mol. The van der Waals surface area contributed by atoms with Crippen molar-refractivity contribution < 1.29 is 14.3 Å². The van der Waals surface area contributed by atoms with E-state index in [1.165, 1.54) is 0 Å². The van der Waals surface area contributed by atoms with Crippen molar-refractivity contribution >= 4 is 17.7 Å².